The fraction of sp³-hybridized carbons (Fsp3) is 0.556. The summed E-state index contributed by atoms with van der Waals surface area (Å²) in [5, 5.41) is 13.0. The summed E-state index contributed by atoms with van der Waals surface area (Å²) in [5.74, 6) is -2.52. The number of amides is 2. The lowest BCUT2D eigenvalue weighted by molar-refractivity contribution is -0.145. The molecule has 2 aliphatic heterocycles. The van der Waals surface area contributed by atoms with Crippen molar-refractivity contribution in [2.24, 2.45) is 17.8 Å². The molecule has 0 aromatic rings. The van der Waals surface area contributed by atoms with Gasteiger partial charge in [0, 0.05) is 31.9 Å². The summed E-state index contributed by atoms with van der Waals surface area (Å²) in [6, 6.07) is 0. The molecular formula is C27H37NO7. The molecule has 0 saturated carbocycles. The van der Waals surface area contributed by atoms with Crippen LogP contribution in [0.5, 0.6) is 0 Å². The van der Waals surface area contributed by atoms with Crippen LogP contribution < -0.4 is 5.32 Å². The minimum atomic E-state index is -0.819. The largest absolute Gasteiger partial charge is 0.454 e. The maximum absolute atomic E-state index is 12.9. The van der Waals surface area contributed by atoms with E-state index in [0.29, 0.717) is 24.8 Å². The lowest BCUT2D eigenvalue weighted by Gasteiger charge is -2.27. The maximum atomic E-state index is 12.9. The summed E-state index contributed by atoms with van der Waals surface area (Å²) < 4.78 is 11.1. The van der Waals surface area contributed by atoms with Crippen molar-refractivity contribution in [3.8, 4) is 0 Å². The van der Waals surface area contributed by atoms with Crippen molar-refractivity contribution >= 4 is 23.6 Å². The zero-order chi connectivity index (χ0) is 26.0. The van der Waals surface area contributed by atoms with E-state index in [1.807, 2.05) is 19.1 Å². The third-order valence-corrected chi connectivity index (χ3v) is 6.33. The molecule has 192 valence electrons. The van der Waals surface area contributed by atoms with Crippen molar-refractivity contribution in [1.82, 2.24) is 5.32 Å². The Labute approximate surface area is 207 Å². The molecule has 0 aromatic carbocycles. The molecule has 0 radical (unpaired) electrons. The van der Waals surface area contributed by atoms with E-state index in [9.17, 15) is 24.3 Å². The van der Waals surface area contributed by atoms with E-state index in [2.05, 4.69) is 5.32 Å². The van der Waals surface area contributed by atoms with Crippen LogP contribution in [0, 0.1) is 17.8 Å². The van der Waals surface area contributed by atoms with Gasteiger partial charge in [0.05, 0.1) is 12.0 Å². The van der Waals surface area contributed by atoms with Crippen LogP contribution in [-0.4, -0.2) is 54.1 Å². The van der Waals surface area contributed by atoms with Crippen molar-refractivity contribution in [3.63, 3.8) is 0 Å². The molecular weight excluding hydrogens is 450 g/mol. The zero-order valence-electron chi connectivity index (χ0n) is 20.9. The number of rotatable bonds is 6. The Balaban J connectivity index is 2.19. The minimum absolute atomic E-state index is 0.139. The predicted molar refractivity (Wildman–Crippen MR) is 131 cm³/mol. The second-order valence-corrected chi connectivity index (χ2v) is 9.30. The van der Waals surface area contributed by atoms with Gasteiger partial charge in [-0.3, -0.25) is 19.7 Å². The number of ether oxygens (including phenoxy) is 2. The quantitative estimate of drug-likeness (QED) is 0.256. The Morgan fingerprint density at radius 3 is 2.54 bits per heavy atom. The molecule has 2 amide bonds. The summed E-state index contributed by atoms with van der Waals surface area (Å²) >= 11 is 0. The lowest BCUT2D eigenvalue weighted by Crippen LogP contribution is -2.38. The van der Waals surface area contributed by atoms with Gasteiger partial charge in [-0.15, -0.1) is 0 Å². The van der Waals surface area contributed by atoms with Gasteiger partial charge in [0.2, 0.25) is 11.8 Å². The number of piperidine rings is 1. The number of hydrogen-bond donors (Lipinski definition) is 2. The Morgan fingerprint density at radius 2 is 1.89 bits per heavy atom. The van der Waals surface area contributed by atoms with E-state index in [1.54, 1.807) is 32.1 Å². The number of cyclic esters (lactones) is 1. The van der Waals surface area contributed by atoms with E-state index in [-0.39, 0.29) is 42.3 Å². The first kappa shape index (κ1) is 28.4. The predicted octanol–water partition coefficient (Wildman–Crippen LogP) is 2.97. The Bertz CT molecular complexity index is 885. The molecule has 0 aliphatic carbocycles. The molecule has 2 aliphatic rings. The van der Waals surface area contributed by atoms with Crippen molar-refractivity contribution < 1.29 is 33.8 Å². The second kappa shape index (κ2) is 13.9. The summed E-state index contributed by atoms with van der Waals surface area (Å²) in [6.07, 6.45) is 11.8. The molecule has 2 heterocycles. The van der Waals surface area contributed by atoms with E-state index in [0.717, 1.165) is 0 Å². The smallest absolute Gasteiger partial charge is 0.331 e. The van der Waals surface area contributed by atoms with Crippen molar-refractivity contribution in [2.45, 2.75) is 71.2 Å². The van der Waals surface area contributed by atoms with Crippen LogP contribution in [0.3, 0.4) is 0 Å². The van der Waals surface area contributed by atoms with Crippen LogP contribution in [-0.2, 0) is 28.7 Å². The van der Waals surface area contributed by atoms with Gasteiger partial charge in [-0.25, -0.2) is 4.79 Å². The number of allylic oxidation sites excluding steroid dienone is 4. The molecule has 35 heavy (non-hydrogen) atoms. The summed E-state index contributed by atoms with van der Waals surface area (Å²) in [6.45, 7) is 5.30. The van der Waals surface area contributed by atoms with E-state index < -0.39 is 30.2 Å². The van der Waals surface area contributed by atoms with Crippen molar-refractivity contribution in [2.75, 3.05) is 7.11 Å². The highest BCUT2D eigenvalue weighted by Gasteiger charge is 2.30. The third-order valence-electron chi connectivity index (χ3n) is 6.33. The monoisotopic (exact) mass is 487 g/mol. The van der Waals surface area contributed by atoms with Crippen LogP contribution in [0.4, 0.5) is 0 Å². The van der Waals surface area contributed by atoms with Crippen LogP contribution in [0.2, 0.25) is 0 Å². The molecule has 0 aromatic heterocycles. The van der Waals surface area contributed by atoms with Crippen molar-refractivity contribution in [3.05, 3.63) is 48.1 Å². The molecule has 1 fully saturated rings. The molecule has 0 spiro atoms. The Hall–Kier alpha value is -2.84. The van der Waals surface area contributed by atoms with Gasteiger partial charge in [0.1, 0.15) is 12.2 Å². The molecule has 0 unspecified atom stereocenters. The van der Waals surface area contributed by atoms with E-state index >= 15 is 0 Å². The first-order valence-electron chi connectivity index (χ1n) is 12.1. The van der Waals surface area contributed by atoms with Crippen molar-refractivity contribution in [1.29, 1.82) is 0 Å². The van der Waals surface area contributed by atoms with Gasteiger partial charge in [-0.2, -0.15) is 0 Å². The topological polar surface area (TPSA) is 119 Å². The van der Waals surface area contributed by atoms with E-state index in [4.69, 9.17) is 9.47 Å². The molecule has 8 heteroatoms. The number of ketones is 1. The SMILES string of the molecule is CO[C@H]1C=CCCC=CC(=O)O[C@H]([C@H](C)C(=O)C=CCC2CC(=O)NC(=O)C2)C(C)=C[C@@H](C)[C@@H]1O. The van der Waals surface area contributed by atoms with Crippen LogP contribution in [0.15, 0.2) is 48.1 Å². The second-order valence-electron chi connectivity index (χ2n) is 9.30. The highest BCUT2D eigenvalue weighted by atomic mass is 16.5. The summed E-state index contributed by atoms with van der Waals surface area (Å²) in [5.41, 5.74) is 0.651. The number of imide groups is 1. The normalized spacial score (nSPS) is 28.3. The van der Waals surface area contributed by atoms with Gasteiger partial charge in [-0.1, -0.05) is 44.2 Å². The van der Waals surface area contributed by atoms with Gasteiger partial charge in [0.15, 0.2) is 5.78 Å². The molecule has 0 bridgehead atoms. The highest BCUT2D eigenvalue weighted by molar-refractivity contribution is 5.97. The maximum Gasteiger partial charge on any atom is 0.331 e. The fourth-order valence-corrected chi connectivity index (χ4v) is 4.29. The molecule has 8 nitrogen and oxygen atoms in total. The van der Waals surface area contributed by atoms with Gasteiger partial charge < -0.3 is 14.6 Å². The van der Waals surface area contributed by atoms with E-state index in [1.165, 1.54) is 19.3 Å². The zero-order valence-corrected chi connectivity index (χ0v) is 20.9. The van der Waals surface area contributed by atoms with Gasteiger partial charge in [0.25, 0.3) is 0 Å². The standard InChI is InChI=1S/C27H37NO7/c1-17-14-18(2)27(35-25(32)13-8-6-5-7-12-22(34-4)26(17)33)19(3)21(29)11-9-10-20-15-23(30)28-24(31)16-20/h7-9,11-14,17,19-20,22,26-27,33H,5-6,10,15-16H2,1-4H3,(H,28,30,31)/t17-,19-,22+,26+,27+/m1/s1. The number of hydrogen-bond acceptors (Lipinski definition) is 7. The number of methoxy groups -OCH3 is 1. The molecule has 1 saturated heterocycles. The third kappa shape index (κ3) is 9.03. The number of carbonyl (C=O) groups is 4. The molecule has 2 rings (SSSR count). The average Bonchev–Trinajstić information content (AvgIpc) is 2.79. The average molecular weight is 488 g/mol. The summed E-state index contributed by atoms with van der Waals surface area (Å²) in [4.78, 5) is 48.5. The first-order valence-corrected chi connectivity index (χ1v) is 12.1. The Morgan fingerprint density at radius 1 is 1.23 bits per heavy atom. The summed E-state index contributed by atoms with van der Waals surface area (Å²) in [7, 11) is 1.54. The lowest BCUT2D eigenvalue weighted by atomic mass is 9.89. The van der Waals surface area contributed by atoms with Crippen LogP contribution in [0.1, 0.15) is 52.9 Å². The minimum Gasteiger partial charge on any atom is -0.454 e. The first-order chi connectivity index (χ1) is 16.6. The number of aliphatic hydroxyl groups excluding tert-OH is 1. The van der Waals surface area contributed by atoms with Crippen LogP contribution in [0.25, 0.3) is 0 Å². The molecule has 5 atom stereocenters. The number of esters is 1. The van der Waals surface area contributed by atoms with Crippen LogP contribution >= 0.6 is 0 Å². The number of carbonyl (C=O) groups excluding carboxylic acids is 4. The Kier molecular flexibility index (Phi) is 11.3. The fourth-order valence-electron chi connectivity index (χ4n) is 4.29. The highest BCUT2D eigenvalue weighted by Crippen LogP contribution is 2.24. The van der Waals surface area contributed by atoms with Gasteiger partial charge in [-0.05, 0) is 43.8 Å². The number of nitrogens with one attached hydrogen (secondary N) is 1. The number of aliphatic hydroxyl groups is 1. The van der Waals surface area contributed by atoms with Gasteiger partial charge >= 0.3 is 5.97 Å². The molecule has 2 N–H and O–H groups in total.